The van der Waals surface area contributed by atoms with E-state index < -0.39 is 11.7 Å². The fourth-order valence-corrected chi connectivity index (χ4v) is 3.60. The first-order valence-electron chi connectivity index (χ1n) is 11.6. The first kappa shape index (κ1) is 27.8. The Morgan fingerprint density at radius 1 is 1.16 bits per heavy atom. The van der Waals surface area contributed by atoms with E-state index in [-0.39, 0.29) is 53.4 Å². The Bertz CT molecular complexity index is 1440. The van der Waals surface area contributed by atoms with Gasteiger partial charge < -0.3 is 25.1 Å². The molecule has 0 aliphatic heterocycles. The van der Waals surface area contributed by atoms with Crippen LogP contribution >= 0.6 is 0 Å². The second-order valence-corrected chi connectivity index (χ2v) is 8.23. The van der Waals surface area contributed by atoms with Gasteiger partial charge in [0, 0.05) is 43.4 Å². The van der Waals surface area contributed by atoms with Crippen LogP contribution in [0.5, 0.6) is 5.75 Å². The van der Waals surface area contributed by atoms with Crippen molar-refractivity contribution in [3.05, 3.63) is 110 Å². The minimum absolute atomic E-state index is 0.000317. The van der Waals surface area contributed by atoms with Gasteiger partial charge in [0.15, 0.2) is 11.6 Å². The molecule has 3 rings (SSSR count). The van der Waals surface area contributed by atoms with Gasteiger partial charge in [-0.3, -0.25) is 14.6 Å². The van der Waals surface area contributed by atoms with Crippen molar-refractivity contribution < 1.29 is 18.7 Å². The fraction of sp³-hybridized carbons (Fsp3) is 0.214. The van der Waals surface area contributed by atoms with E-state index in [0.717, 1.165) is 11.1 Å². The van der Waals surface area contributed by atoms with Crippen molar-refractivity contribution in [2.24, 2.45) is 10.7 Å². The van der Waals surface area contributed by atoms with Gasteiger partial charge in [-0.05, 0) is 29.3 Å². The number of ether oxygens (including phenoxy) is 2. The molecule has 196 valence electrons. The Morgan fingerprint density at radius 3 is 2.55 bits per heavy atom. The van der Waals surface area contributed by atoms with Crippen LogP contribution in [0, 0.1) is 17.1 Å². The zero-order valence-electron chi connectivity index (χ0n) is 21.1. The fourth-order valence-electron chi connectivity index (χ4n) is 3.60. The van der Waals surface area contributed by atoms with Crippen molar-refractivity contribution in [2.75, 3.05) is 20.8 Å². The Morgan fingerprint density at radius 2 is 1.89 bits per heavy atom. The summed E-state index contributed by atoms with van der Waals surface area (Å²) in [5, 5.41) is 11.9. The largest absolute Gasteiger partial charge is 0.494 e. The number of aromatic nitrogens is 1. The quantitative estimate of drug-likeness (QED) is 0.297. The van der Waals surface area contributed by atoms with E-state index in [1.54, 1.807) is 22.9 Å². The number of nitrogens with zero attached hydrogens (tertiary/aromatic N) is 3. The first-order valence-corrected chi connectivity index (χ1v) is 11.6. The van der Waals surface area contributed by atoms with Gasteiger partial charge in [0.2, 0.25) is 0 Å². The van der Waals surface area contributed by atoms with Crippen molar-refractivity contribution in [3.8, 4) is 11.8 Å². The number of halogens is 1. The summed E-state index contributed by atoms with van der Waals surface area (Å²) in [6, 6.07) is 17.3. The van der Waals surface area contributed by atoms with Crippen LogP contribution in [0.1, 0.15) is 22.3 Å². The number of hydrogen-bond donors (Lipinski definition) is 2. The molecule has 10 heteroatoms. The number of pyridine rings is 1. The molecule has 0 fully saturated rings. The van der Waals surface area contributed by atoms with Gasteiger partial charge in [-0.1, -0.05) is 30.3 Å². The Labute approximate surface area is 219 Å². The molecule has 3 N–H and O–H groups in total. The molecule has 38 heavy (non-hydrogen) atoms. The number of nitriles is 1. The molecule has 0 atom stereocenters. The van der Waals surface area contributed by atoms with Crippen LogP contribution < -0.4 is 21.3 Å². The van der Waals surface area contributed by atoms with Gasteiger partial charge in [0.25, 0.3) is 11.5 Å². The van der Waals surface area contributed by atoms with Crippen LogP contribution in [-0.4, -0.2) is 37.5 Å². The third-order valence-corrected chi connectivity index (χ3v) is 5.63. The summed E-state index contributed by atoms with van der Waals surface area (Å²) in [5.74, 6) is -1.36. The van der Waals surface area contributed by atoms with Gasteiger partial charge in [0.1, 0.15) is 0 Å². The van der Waals surface area contributed by atoms with Crippen molar-refractivity contribution in [3.63, 3.8) is 0 Å². The smallest absolute Gasteiger partial charge is 0.254 e. The number of hydrogen-bond acceptors (Lipinski definition) is 7. The molecule has 1 heterocycles. The highest BCUT2D eigenvalue weighted by Crippen LogP contribution is 2.23. The number of benzene rings is 2. The lowest BCUT2D eigenvalue weighted by Crippen LogP contribution is -2.29. The first-order chi connectivity index (χ1) is 18.4. The molecule has 0 saturated heterocycles. The molecule has 0 radical (unpaired) electrons. The summed E-state index contributed by atoms with van der Waals surface area (Å²) in [5.41, 5.74) is 8.09. The standard InChI is InChI=1S/C28H28FN5O4/c1-37-18-24(31)23(28(36)33-16-22-21(13-30)10-11-25(38-2)27(22)29)15-32-14-19-6-8-20(9-7-19)17-34-12-4-3-5-26(34)35/h3-12,15H,14,16-18,31H2,1-2H3,(H,33,36). The summed E-state index contributed by atoms with van der Waals surface area (Å²) in [4.78, 5) is 29.2. The SMILES string of the molecule is COCC(N)=C(C=NCc1ccc(Cn2ccccc2=O)cc1)C(=O)NCc1c(C#N)ccc(OC)c1F. The summed E-state index contributed by atoms with van der Waals surface area (Å²) < 4.78 is 26.3. The Kier molecular flexibility index (Phi) is 9.91. The second-order valence-electron chi connectivity index (χ2n) is 8.23. The molecular formula is C28H28FN5O4. The predicted octanol–water partition coefficient (Wildman–Crippen LogP) is 2.66. The van der Waals surface area contributed by atoms with E-state index in [9.17, 15) is 19.2 Å². The Hall–Kier alpha value is -4.75. The summed E-state index contributed by atoms with van der Waals surface area (Å²) >= 11 is 0. The van der Waals surface area contributed by atoms with E-state index in [2.05, 4.69) is 10.3 Å². The molecule has 2 aromatic carbocycles. The minimum Gasteiger partial charge on any atom is -0.494 e. The van der Waals surface area contributed by atoms with E-state index in [1.165, 1.54) is 38.6 Å². The highest BCUT2D eigenvalue weighted by Gasteiger charge is 2.17. The minimum atomic E-state index is -0.725. The monoisotopic (exact) mass is 517 g/mol. The van der Waals surface area contributed by atoms with Gasteiger partial charge in [-0.15, -0.1) is 0 Å². The molecule has 9 nitrogen and oxygen atoms in total. The average Bonchev–Trinajstić information content (AvgIpc) is 2.92. The van der Waals surface area contributed by atoms with Gasteiger partial charge in [0.05, 0.1) is 44.0 Å². The van der Waals surface area contributed by atoms with Crippen molar-refractivity contribution in [1.29, 1.82) is 5.26 Å². The highest BCUT2D eigenvalue weighted by atomic mass is 19.1. The number of methoxy groups -OCH3 is 2. The number of amides is 1. The molecule has 0 spiro atoms. The lowest BCUT2D eigenvalue weighted by atomic mass is 10.1. The van der Waals surface area contributed by atoms with Crippen molar-refractivity contribution in [2.45, 2.75) is 19.6 Å². The number of nitrogens with one attached hydrogen (secondary N) is 1. The van der Waals surface area contributed by atoms with Crippen molar-refractivity contribution in [1.82, 2.24) is 9.88 Å². The second kappa shape index (κ2) is 13.5. The average molecular weight is 518 g/mol. The molecule has 3 aromatic rings. The topological polar surface area (TPSA) is 132 Å². The number of aliphatic imine (C=N–C) groups is 1. The maximum atomic E-state index is 14.7. The number of carbonyl (C=O) groups is 1. The zero-order valence-corrected chi connectivity index (χ0v) is 21.1. The molecule has 0 aliphatic carbocycles. The maximum absolute atomic E-state index is 14.7. The molecule has 0 aliphatic rings. The van der Waals surface area contributed by atoms with Crippen molar-refractivity contribution >= 4 is 12.1 Å². The zero-order chi connectivity index (χ0) is 27.5. The summed E-state index contributed by atoms with van der Waals surface area (Å²) in [6.45, 7) is 0.449. The molecule has 0 bridgehead atoms. The molecule has 0 saturated carbocycles. The van der Waals surface area contributed by atoms with Crippen LogP contribution in [0.2, 0.25) is 0 Å². The Balaban J connectivity index is 1.70. The number of rotatable bonds is 11. The van der Waals surface area contributed by atoms with Gasteiger partial charge in [-0.25, -0.2) is 4.39 Å². The van der Waals surface area contributed by atoms with E-state index in [0.29, 0.717) is 6.54 Å². The number of carbonyl (C=O) groups excluding carboxylic acids is 1. The molecule has 1 aromatic heterocycles. The normalized spacial score (nSPS) is 11.6. The van der Waals surface area contributed by atoms with E-state index >= 15 is 0 Å². The summed E-state index contributed by atoms with van der Waals surface area (Å²) in [7, 11) is 2.75. The van der Waals surface area contributed by atoms with E-state index in [1.807, 2.05) is 30.3 Å². The van der Waals surface area contributed by atoms with Crippen LogP contribution in [0.3, 0.4) is 0 Å². The lowest BCUT2D eigenvalue weighted by Gasteiger charge is -2.12. The van der Waals surface area contributed by atoms with Gasteiger partial charge >= 0.3 is 0 Å². The van der Waals surface area contributed by atoms with E-state index in [4.69, 9.17) is 15.2 Å². The van der Waals surface area contributed by atoms with Crippen LogP contribution in [-0.2, 0) is 29.2 Å². The third-order valence-electron chi connectivity index (χ3n) is 5.63. The number of nitrogens with two attached hydrogens (primary N) is 1. The molecule has 1 amide bonds. The summed E-state index contributed by atoms with van der Waals surface area (Å²) in [6.07, 6.45) is 3.07. The lowest BCUT2D eigenvalue weighted by molar-refractivity contribution is -0.117. The van der Waals surface area contributed by atoms with Crippen LogP contribution in [0.25, 0.3) is 0 Å². The van der Waals surface area contributed by atoms with Crippen LogP contribution in [0.15, 0.2) is 81.9 Å². The third kappa shape index (κ3) is 7.15. The molecular weight excluding hydrogens is 489 g/mol. The predicted molar refractivity (Wildman–Crippen MR) is 141 cm³/mol. The molecule has 0 unspecified atom stereocenters. The van der Waals surface area contributed by atoms with Gasteiger partial charge in [-0.2, -0.15) is 5.26 Å². The maximum Gasteiger partial charge on any atom is 0.254 e. The van der Waals surface area contributed by atoms with Crippen LogP contribution in [0.4, 0.5) is 4.39 Å². The highest BCUT2D eigenvalue weighted by molar-refractivity contribution is 6.12.